The highest BCUT2D eigenvalue weighted by Gasteiger charge is 2.66. The van der Waals surface area contributed by atoms with Crippen LogP contribution in [0.4, 0.5) is 11.4 Å². The minimum Gasteiger partial charge on any atom is -0.480 e. The van der Waals surface area contributed by atoms with Gasteiger partial charge in [-0.3, -0.25) is 29.8 Å². The quantitative estimate of drug-likeness (QED) is 0.396. The summed E-state index contributed by atoms with van der Waals surface area (Å²) in [5, 5.41) is 24.0. The van der Waals surface area contributed by atoms with E-state index in [1.807, 2.05) is 0 Å². The van der Waals surface area contributed by atoms with Crippen LogP contribution in [0.1, 0.15) is 18.5 Å². The number of non-ortho nitro benzene ring substituents is 1. The Hall–Kier alpha value is -3.11. The smallest absolute Gasteiger partial charge is 0.324 e. The lowest BCUT2D eigenvalue weighted by molar-refractivity contribution is -0.384. The van der Waals surface area contributed by atoms with Crippen LogP contribution in [0.25, 0.3) is 0 Å². The molecule has 2 aliphatic rings. The Morgan fingerprint density at radius 2 is 1.87 bits per heavy atom. The average molecular weight is 474 g/mol. The number of nitrogens with zero attached hydrogens (tertiary/aromatic N) is 2. The lowest BCUT2D eigenvalue weighted by atomic mass is 9.80. The number of nitrogens with one attached hydrogen (secondary N) is 1. The molecule has 10 heteroatoms. The van der Waals surface area contributed by atoms with Crippen LogP contribution in [-0.2, 0) is 14.4 Å². The van der Waals surface area contributed by atoms with Gasteiger partial charge in [-0.15, -0.1) is 0 Å². The van der Waals surface area contributed by atoms with Gasteiger partial charge >= 0.3 is 5.97 Å². The van der Waals surface area contributed by atoms with Crippen molar-refractivity contribution in [2.45, 2.75) is 18.5 Å². The number of fused-ring (bicyclic) bond motifs is 1. The summed E-state index contributed by atoms with van der Waals surface area (Å²) in [6, 6.07) is 11.5. The van der Waals surface area contributed by atoms with Crippen LogP contribution in [0.5, 0.6) is 0 Å². The third-order valence-corrected chi connectivity index (χ3v) is 6.29. The summed E-state index contributed by atoms with van der Waals surface area (Å²) in [7, 11) is 0. The molecule has 0 radical (unpaired) electrons. The third kappa shape index (κ3) is 2.91. The monoisotopic (exact) mass is 473 g/mol. The van der Waals surface area contributed by atoms with Gasteiger partial charge in [-0.05, 0) is 30.7 Å². The molecule has 4 rings (SSSR count). The molecule has 0 aliphatic carbocycles. The fourth-order valence-electron chi connectivity index (χ4n) is 4.29. The van der Waals surface area contributed by atoms with E-state index in [1.165, 1.54) is 25.1 Å². The van der Waals surface area contributed by atoms with Crippen LogP contribution in [0.2, 0.25) is 0 Å². The summed E-state index contributed by atoms with van der Waals surface area (Å²) in [6.07, 6.45) is 0. The molecular formula is C20H16BrN3O6. The first-order chi connectivity index (χ1) is 14.1. The number of aliphatic carboxylic acids is 1. The molecule has 4 atom stereocenters. The van der Waals surface area contributed by atoms with Gasteiger partial charge in [0.25, 0.3) is 5.69 Å². The second kappa shape index (κ2) is 6.99. The maximum absolute atomic E-state index is 13.3. The number of anilines is 1. The number of carboxylic acids is 1. The number of carbonyl (C=O) groups excluding carboxylic acids is 2. The molecule has 0 aromatic heterocycles. The molecular weight excluding hydrogens is 458 g/mol. The SMILES string of the molecule is CC1(C(=O)O)NC(c2ccc(Br)cc2)C2C(=O)N(c3cccc([N+](=O)[O-])c3)C(=O)C21. The Kier molecular flexibility index (Phi) is 4.70. The van der Waals surface area contributed by atoms with Crippen molar-refractivity contribution in [3.63, 3.8) is 0 Å². The number of rotatable bonds is 4. The number of carbonyl (C=O) groups is 3. The Bertz CT molecular complexity index is 1090. The Morgan fingerprint density at radius 3 is 2.47 bits per heavy atom. The second-order valence-electron chi connectivity index (χ2n) is 7.47. The van der Waals surface area contributed by atoms with Crippen molar-refractivity contribution in [1.29, 1.82) is 0 Å². The first-order valence-electron chi connectivity index (χ1n) is 9.04. The lowest BCUT2D eigenvalue weighted by Crippen LogP contribution is -2.53. The minimum atomic E-state index is -1.68. The molecule has 2 N–H and O–H groups in total. The van der Waals surface area contributed by atoms with Crippen LogP contribution in [-0.4, -0.2) is 33.4 Å². The summed E-state index contributed by atoms with van der Waals surface area (Å²) in [5.41, 5.74) is -1.23. The summed E-state index contributed by atoms with van der Waals surface area (Å²) in [6.45, 7) is 1.38. The van der Waals surface area contributed by atoms with Crippen molar-refractivity contribution in [1.82, 2.24) is 5.32 Å². The topological polar surface area (TPSA) is 130 Å². The first-order valence-corrected chi connectivity index (χ1v) is 9.83. The zero-order valence-corrected chi connectivity index (χ0v) is 17.2. The molecule has 0 saturated carbocycles. The average Bonchev–Trinajstić information content (AvgIpc) is 3.17. The second-order valence-corrected chi connectivity index (χ2v) is 8.39. The molecule has 30 heavy (non-hydrogen) atoms. The van der Waals surface area contributed by atoms with Gasteiger partial charge in [-0.2, -0.15) is 0 Å². The molecule has 2 fully saturated rings. The van der Waals surface area contributed by atoms with E-state index >= 15 is 0 Å². The van der Waals surface area contributed by atoms with Crippen molar-refractivity contribution in [2.24, 2.45) is 11.8 Å². The standard InChI is InChI=1S/C20H16BrN3O6/c1-20(19(27)28)15-14(16(22-20)10-5-7-11(21)8-6-10)17(25)23(18(15)26)12-3-2-4-13(9-12)24(29)30/h2-9,14-16,22H,1H3,(H,27,28). The van der Waals surface area contributed by atoms with E-state index in [9.17, 15) is 29.6 Å². The van der Waals surface area contributed by atoms with Crippen molar-refractivity contribution >= 4 is 45.1 Å². The van der Waals surface area contributed by atoms with E-state index in [0.29, 0.717) is 5.56 Å². The zero-order valence-electron chi connectivity index (χ0n) is 15.6. The van der Waals surface area contributed by atoms with E-state index in [1.54, 1.807) is 24.3 Å². The van der Waals surface area contributed by atoms with Gasteiger partial charge in [0.05, 0.1) is 22.4 Å². The Labute approximate surface area is 179 Å². The molecule has 2 aromatic carbocycles. The van der Waals surface area contributed by atoms with Gasteiger partial charge in [-0.1, -0.05) is 34.1 Å². The number of benzene rings is 2. The molecule has 2 amide bonds. The molecule has 154 valence electrons. The summed E-state index contributed by atoms with van der Waals surface area (Å²) in [5.74, 6) is -4.65. The minimum absolute atomic E-state index is 0.0518. The third-order valence-electron chi connectivity index (χ3n) is 5.76. The number of hydrogen-bond donors (Lipinski definition) is 2. The van der Waals surface area contributed by atoms with Crippen LogP contribution in [0, 0.1) is 22.0 Å². The van der Waals surface area contributed by atoms with Gasteiger partial charge in [0, 0.05) is 22.6 Å². The van der Waals surface area contributed by atoms with Crippen molar-refractivity contribution in [3.05, 3.63) is 68.7 Å². The van der Waals surface area contributed by atoms with E-state index < -0.39 is 46.1 Å². The number of nitro groups is 1. The van der Waals surface area contributed by atoms with Crippen LogP contribution >= 0.6 is 15.9 Å². The van der Waals surface area contributed by atoms with E-state index in [4.69, 9.17) is 0 Å². The lowest BCUT2D eigenvalue weighted by Gasteiger charge is -2.27. The fraction of sp³-hybridized carbons (Fsp3) is 0.250. The predicted molar refractivity (Wildman–Crippen MR) is 109 cm³/mol. The highest BCUT2D eigenvalue weighted by atomic mass is 79.9. The Morgan fingerprint density at radius 1 is 1.20 bits per heavy atom. The van der Waals surface area contributed by atoms with Gasteiger partial charge in [-0.25, -0.2) is 4.90 Å². The number of imide groups is 1. The van der Waals surface area contributed by atoms with Gasteiger partial charge in [0.15, 0.2) is 0 Å². The van der Waals surface area contributed by atoms with Gasteiger partial charge in [0.1, 0.15) is 5.54 Å². The van der Waals surface area contributed by atoms with Crippen LogP contribution < -0.4 is 10.2 Å². The van der Waals surface area contributed by atoms with Crippen LogP contribution in [0.15, 0.2) is 53.0 Å². The van der Waals surface area contributed by atoms with Crippen molar-refractivity contribution in [3.8, 4) is 0 Å². The van der Waals surface area contributed by atoms with Gasteiger partial charge in [0.2, 0.25) is 11.8 Å². The largest absolute Gasteiger partial charge is 0.480 e. The molecule has 2 aromatic rings. The predicted octanol–water partition coefficient (Wildman–Crippen LogP) is 2.65. The molecule has 2 heterocycles. The fourth-order valence-corrected chi connectivity index (χ4v) is 4.56. The van der Waals surface area contributed by atoms with Crippen molar-refractivity contribution < 1.29 is 24.4 Å². The summed E-state index contributed by atoms with van der Waals surface area (Å²) < 4.78 is 0.814. The molecule has 4 unspecified atom stereocenters. The number of amides is 2. The molecule has 9 nitrogen and oxygen atoms in total. The maximum Gasteiger partial charge on any atom is 0.324 e. The Balaban J connectivity index is 1.82. The van der Waals surface area contributed by atoms with E-state index in [2.05, 4.69) is 21.2 Å². The highest BCUT2D eigenvalue weighted by Crippen LogP contribution is 2.49. The van der Waals surface area contributed by atoms with Crippen molar-refractivity contribution in [2.75, 3.05) is 4.90 Å². The summed E-state index contributed by atoms with van der Waals surface area (Å²) >= 11 is 3.34. The molecule has 2 aliphatic heterocycles. The zero-order chi connectivity index (χ0) is 21.8. The molecule has 2 saturated heterocycles. The molecule has 0 bridgehead atoms. The highest BCUT2D eigenvalue weighted by molar-refractivity contribution is 9.10. The first kappa shape index (κ1) is 20.2. The van der Waals surface area contributed by atoms with E-state index in [0.717, 1.165) is 15.4 Å². The number of nitro benzene ring substituents is 1. The van der Waals surface area contributed by atoms with Gasteiger partial charge < -0.3 is 5.11 Å². The summed E-state index contributed by atoms with van der Waals surface area (Å²) in [4.78, 5) is 50.0. The normalized spacial score (nSPS) is 27.9. The number of halogens is 1. The van der Waals surface area contributed by atoms with Crippen LogP contribution in [0.3, 0.4) is 0 Å². The number of carboxylic acid groups (broad SMARTS) is 1. The van der Waals surface area contributed by atoms with E-state index in [-0.39, 0.29) is 11.4 Å². The maximum atomic E-state index is 13.3. The molecule has 0 spiro atoms. The number of hydrogen-bond acceptors (Lipinski definition) is 6.